The number of hydrogen-bond acceptors (Lipinski definition) is 2. The van der Waals surface area contributed by atoms with Gasteiger partial charge < -0.3 is 0 Å². The summed E-state index contributed by atoms with van der Waals surface area (Å²) in [5.74, 6) is 0.473. The smallest absolute Gasteiger partial charge is 0.0831 e. The van der Waals surface area contributed by atoms with Crippen molar-refractivity contribution in [2.24, 2.45) is 0 Å². The summed E-state index contributed by atoms with van der Waals surface area (Å²) in [4.78, 5) is 4.10. The quantitative estimate of drug-likeness (QED) is 0.708. The van der Waals surface area contributed by atoms with Crippen molar-refractivity contribution in [1.29, 1.82) is 0 Å². The zero-order valence-electron chi connectivity index (χ0n) is 7.81. The molecule has 0 radical (unpaired) electrons. The van der Waals surface area contributed by atoms with Crippen molar-refractivity contribution >= 4 is 11.6 Å². The van der Waals surface area contributed by atoms with Crippen LogP contribution in [0.3, 0.4) is 0 Å². The highest BCUT2D eigenvalue weighted by Crippen LogP contribution is 2.10. The van der Waals surface area contributed by atoms with Crippen LogP contribution in [0.1, 0.15) is 11.1 Å². The summed E-state index contributed by atoms with van der Waals surface area (Å²) in [6.45, 7) is 2.00. The van der Waals surface area contributed by atoms with Gasteiger partial charge in [-0.3, -0.25) is 4.98 Å². The Morgan fingerprint density at radius 1 is 1.36 bits per heavy atom. The standard InChI is InChI=1S/C10H10ClN3/c1-8-4-13-14(7-8)10-2-9(3-11)5-12-6-10/h2,4-7H,3H2,1H3. The minimum atomic E-state index is 0.473. The molecule has 4 heteroatoms. The molecule has 0 aliphatic rings. The van der Waals surface area contributed by atoms with Crippen LogP contribution < -0.4 is 0 Å². The van der Waals surface area contributed by atoms with Gasteiger partial charge in [-0.2, -0.15) is 5.10 Å². The Bertz CT molecular complexity index is 436. The number of hydrogen-bond donors (Lipinski definition) is 0. The fourth-order valence-corrected chi connectivity index (χ4v) is 1.37. The molecule has 0 aliphatic heterocycles. The molecule has 72 valence electrons. The van der Waals surface area contributed by atoms with Crippen molar-refractivity contribution in [3.63, 3.8) is 0 Å². The van der Waals surface area contributed by atoms with Crippen LogP contribution in [0.4, 0.5) is 0 Å². The minimum Gasteiger partial charge on any atom is -0.262 e. The topological polar surface area (TPSA) is 30.7 Å². The van der Waals surface area contributed by atoms with E-state index in [1.807, 2.05) is 25.4 Å². The van der Waals surface area contributed by atoms with Gasteiger partial charge in [0.2, 0.25) is 0 Å². The molecule has 2 heterocycles. The largest absolute Gasteiger partial charge is 0.262 e. The Morgan fingerprint density at radius 2 is 2.21 bits per heavy atom. The lowest BCUT2D eigenvalue weighted by Gasteiger charge is -2.01. The van der Waals surface area contributed by atoms with E-state index in [-0.39, 0.29) is 0 Å². The minimum absolute atomic E-state index is 0.473. The van der Waals surface area contributed by atoms with E-state index in [1.165, 1.54) is 0 Å². The van der Waals surface area contributed by atoms with Gasteiger partial charge in [-0.1, -0.05) is 0 Å². The molecule has 0 amide bonds. The van der Waals surface area contributed by atoms with Crippen LogP contribution in [-0.4, -0.2) is 14.8 Å². The zero-order valence-corrected chi connectivity index (χ0v) is 8.57. The van der Waals surface area contributed by atoms with E-state index in [2.05, 4.69) is 10.1 Å². The van der Waals surface area contributed by atoms with Gasteiger partial charge in [0.05, 0.1) is 18.1 Å². The van der Waals surface area contributed by atoms with E-state index in [9.17, 15) is 0 Å². The summed E-state index contributed by atoms with van der Waals surface area (Å²) in [6, 6.07) is 1.98. The first-order valence-corrected chi connectivity index (χ1v) is 4.84. The van der Waals surface area contributed by atoms with Crippen LogP contribution in [-0.2, 0) is 5.88 Å². The van der Waals surface area contributed by atoms with Crippen LogP contribution >= 0.6 is 11.6 Å². The Kier molecular flexibility index (Phi) is 2.50. The molecule has 2 aromatic heterocycles. The van der Waals surface area contributed by atoms with Gasteiger partial charge >= 0.3 is 0 Å². The molecule has 0 N–H and O–H groups in total. The SMILES string of the molecule is Cc1cnn(-c2cncc(CCl)c2)c1. The Labute approximate surface area is 87.3 Å². The number of aromatic nitrogens is 3. The summed E-state index contributed by atoms with van der Waals surface area (Å²) in [7, 11) is 0. The van der Waals surface area contributed by atoms with E-state index in [4.69, 9.17) is 11.6 Å². The van der Waals surface area contributed by atoms with E-state index in [0.29, 0.717) is 5.88 Å². The molecule has 0 aliphatic carbocycles. The highest BCUT2D eigenvalue weighted by atomic mass is 35.5. The average Bonchev–Trinajstić information content (AvgIpc) is 2.65. The first-order chi connectivity index (χ1) is 6.79. The average molecular weight is 208 g/mol. The van der Waals surface area contributed by atoms with Crippen LogP contribution in [0, 0.1) is 6.92 Å². The Hall–Kier alpha value is -1.35. The van der Waals surface area contributed by atoms with Gasteiger partial charge in [0.15, 0.2) is 0 Å². The molecule has 0 aromatic carbocycles. The van der Waals surface area contributed by atoms with Crippen LogP contribution in [0.15, 0.2) is 30.9 Å². The second-order valence-electron chi connectivity index (χ2n) is 3.15. The molecule has 0 unspecified atom stereocenters. The first-order valence-electron chi connectivity index (χ1n) is 4.31. The Morgan fingerprint density at radius 3 is 2.86 bits per heavy atom. The first kappa shape index (κ1) is 9.21. The van der Waals surface area contributed by atoms with Crippen molar-refractivity contribution in [1.82, 2.24) is 14.8 Å². The number of halogens is 1. The molecule has 3 nitrogen and oxygen atoms in total. The van der Waals surface area contributed by atoms with Crippen molar-refractivity contribution in [2.75, 3.05) is 0 Å². The van der Waals surface area contributed by atoms with E-state index >= 15 is 0 Å². The lowest BCUT2D eigenvalue weighted by Crippen LogP contribution is -1.96. The lowest BCUT2D eigenvalue weighted by molar-refractivity contribution is 0.871. The van der Waals surface area contributed by atoms with Crippen molar-refractivity contribution < 1.29 is 0 Å². The van der Waals surface area contributed by atoms with Crippen LogP contribution in [0.25, 0.3) is 5.69 Å². The molecule has 2 rings (SSSR count). The normalized spacial score (nSPS) is 10.4. The molecule has 0 saturated heterocycles. The maximum atomic E-state index is 5.72. The lowest BCUT2D eigenvalue weighted by atomic mass is 10.3. The van der Waals surface area contributed by atoms with Gasteiger partial charge in [0.25, 0.3) is 0 Å². The van der Waals surface area contributed by atoms with Gasteiger partial charge in [0, 0.05) is 18.3 Å². The summed E-state index contributed by atoms with van der Waals surface area (Å²) in [5.41, 5.74) is 3.06. The predicted octanol–water partition coefficient (Wildman–Crippen LogP) is 2.31. The number of alkyl halides is 1. The van der Waals surface area contributed by atoms with Crippen LogP contribution in [0.5, 0.6) is 0 Å². The number of pyridine rings is 1. The molecular weight excluding hydrogens is 198 g/mol. The van der Waals surface area contributed by atoms with Gasteiger partial charge in [-0.05, 0) is 24.1 Å². The van der Waals surface area contributed by atoms with Crippen molar-refractivity contribution in [3.05, 3.63) is 42.0 Å². The zero-order chi connectivity index (χ0) is 9.97. The van der Waals surface area contributed by atoms with Gasteiger partial charge in [-0.15, -0.1) is 11.6 Å². The summed E-state index contributed by atoms with van der Waals surface area (Å²) in [6.07, 6.45) is 7.29. The van der Waals surface area contributed by atoms with Crippen molar-refractivity contribution in [3.8, 4) is 5.69 Å². The molecule has 0 fully saturated rings. The molecular formula is C10H10ClN3. The fraction of sp³-hybridized carbons (Fsp3) is 0.200. The molecule has 0 spiro atoms. The molecule has 0 bridgehead atoms. The number of nitrogens with zero attached hydrogens (tertiary/aromatic N) is 3. The van der Waals surface area contributed by atoms with E-state index in [0.717, 1.165) is 16.8 Å². The van der Waals surface area contributed by atoms with Crippen molar-refractivity contribution in [2.45, 2.75) is 12.8 Å². The molecule has 14 heavy (non-hydrogen) atoms. The van der Waals surface area contributed by atoms with E-state index in [1.54, 1.807) is 17.1 Å². The highest BCUT2D eigenvalue weighted by molar-refractivity contribution is 6.17. The monoisotopic (exact) mass is 207 g/mol. The molecule has 0 atom stereocenters. The summed E-state index contributed by atoms with van der Waals surface area (Å²) in [5, 5.41) is 4.20. The maximum Gasteiger partial charge on any atom is 0.0831 e. The predicted molar refractivity (Wildman–Crippen MR) is 55.7 cm³/mol. The third-order valence-corrected chi connectivity index (χ3v) is 2.22. The Balaban J connectivity index is 2.41. The molecule has 0 saturated carbocycles. The third kappa shape index (κ3) is 1.77. The third-order valence-electron chi connectivity index (χ3n) is 1.91. The summed E-state index contributed by atoms with van der Waals surface area (Å²) >= 11 is 5.72. The highest BCUT2D eigenvalue weighted by Gasteiger charge is 1.99. The fourth-order valence-electron chi connectivity index (χ4n) is 1.23. The summed E-state index contributed by atoms with van der Waals surface area (Å²) < 4.78 is 1.79. The van der Waals surface area contributed by atoms with Gasteiger partial charge in [-0.25, -0.2) is 4.68 Å². The van der Waals surface area contributed by atoms with E-state index < -0.39 is 0 Å². The number of rotatable bonds is 2. The second-order valence-corrected chi connectivity index (χ2v) is 3.41. The van der Waals surface area contributed by atoms with Gasteiger partial charge in [0.1, 0.15) is 0 Å². The van der Waals surface area contributed by atoms with Crippen LogP contribution in [0.2, 0.25) is 0 Å². The molecule has 2 aromatic rings. The second kappa shape index (κ2) is 3.80. The number of aryl methyl sites for hydroxylation is 1. The maximum absolute atomic E-state index is 5.72.